The molecule has 0 saturated heterocycles. The van der Waals surface area contributed by atoms with Crippen LogP contribution in [0.5, 0.6) is 0 Å². The number of rotatable bonds is 4. The van der Waals surface area contributed by atoms with Gasteiger partial charge in [-0.1, -0.05) is 0 Å². The third kappa shape index (κ3) is 2.87. The molecule has 0 aliphatic rings. The van der Waals surface area contributed by atoms with Crippen molar-refractivity contribution in [3.05, 3.63) is 46.9 Å². The summed E-state index contributed by atoms with van der Waals surface area (Å²) in [6.07, 6.45) is 3.11. The van der Waals surface area contributed by atoms with E-state index in [0.29, 0.717) is 12.2 Å². The SMILES string of the molecule is CCn1ccn(CC(=O)Nc2cc(N)ccc2F)c1=O. The highest BCUT2D eigenvalue weighted by atomic mass is 19.1. The lowest BCUT2D eigenvalue weighted by molar-refractivity contribution is -0.116. The number of halogens is 1. The maximum Gasteiger partial charge on any atom is 0.328 e. The van der Waals surface area contributed by atoms with Crippen LogP contribution in [0.2, 0.25) is 0 Å². The van der Waals surface area contributed by atoms with Crippen molar-refractivity contribution in [2.24, 2.45) is 0 Å². The molecule has 0 spiro atoms. The Morgan fingerprint density at radius 1 is 1.35 bits per heavy atom. The van der Waals surface area contributed by atoms with E-state index < -0.39 is 11.7 Å². The third-order valence-corrected chi connectivity index (χ3v) is 2.84. The van der Waals surface area contributed by atoms with E-state index in [1.807, 2.05) is 6.92 Å². The van der Waals surface area contributed by atoms with Crippen molar-refractivity contribution >= 4 is 17.3 Å². The Bertz CT molecular complexity index is 690. The standard InChI is InChI=1S/C13H15FN4O2/c1-2-17-5-6-18(13(17)20)8-12(19)16-11-7-9(15)3-4-10(11)14/h3-7H,2,8,15H2,1H3,(H,16,19). The summed E-state index contributed by atoms with van der Waals surface area (Å²) in [5, 5.41) is 2.39. The first-order valence-corrected chi connectivity index (χ1v) is 6.11. The Hall–Kier alpha value is -2.57. The largest absolute Gasteiger partial charge is 0.399 e. The number of nitrogen functional groups attached to an aromatic ring is 1. The Balaban J connectivity index is 2.11. The number of carbonyl (C=O) groups is 1. The lowest BCUT2D eigenvalue weighted by Gasteiger charge is -2.07. The summed E-state index contributed by atoms with van der Waals surface area (Å²) in [4.78, 5) is 23.6. The van der Waals surface area contributed by atoms with Crippen molar-refractivity contribution in [1.82, 2.24) is 9.13 Å². The van der Waals surface area contributed by atoms with Gasteiger partial charge in [0.1, 0.15) is 12.4 Å². The van der Waals surface area contributed by atoms with Gasteiger partial charge in [-0.05, 0) is 25.1 Å². The molecule has 106 valence electrons. The summed E-state index contributed by atoms with van der Waals surface area (Å²) in [6.45, 7) is 2.17. The minimum Gasteiger partial charge on any atom is -0.399 e. The van der Waals surface area contributed by atoms with Crippen molar-refractivity contribution < 1.29 is 9.18 Å². The molecule has 1 aromatic carbocycles. The number of amides is 1. The van der Waals surface area contributed by atoms with Gasteiger partial charge in [-0.25, -0.2) is 9.18 Å². The highest BCUT2D eigenvalue weighted by Crippen LogP contribution is 2.17. The van der Waals surface area contributed by atoms with Gasteiger partial charge in [0, 0.05) is 24.6 Å². The number of imidazole rings is 1. The predicted molar refractivity (Wildman–Crippen MR) is 73.8 cm³/mol. The topological polar surface area (TPSA) is 82.1 Å². The molecule has 0 aliphatic carbocycles. The summed E-state index contributed by atoms with van der Waals surface area (Å²) >= 11 is 0. The molecule has 1 amide bonds. The van der Waals surface area contributed by atoms with Gasteiger partial charge in [-0.15, -0.1) is 0 Å². The first kappa shape index (κ1) is 13.9. The zero-order valence-corrected chi connectivity index (χ0v) is 11.0. The van der Waals surface area contributed by atoms with E-state index in [2.05, 4.69) is 5.32 Å². The summed E-state index contributed by atoms with van der Waals surface area (Å²) in [5.41, 5.74) is 5.58. The van der Waals surface area contributed by atoms with Crippen LogP contribution in [0.1, 0.15) is 6.92 Å². The van der Waals surface area contributed by atoms with Crippen LogP contribution in [-0.2, 0) is 17.9 Å². The van der Waals surface area contributed by atoms with Gasteiger partial charge in [-0.2, -0.15) is 0 Å². The molecule has 2 rings (SSSR count). The van der Waals surface area contributed by atoms with Gasteiger partial charge in [0.05, 0.1) is 5.69 Å². The van der Waals surface area contributed by atoms with Crippen LogP contribution >= 0.6 is 0 Å². The minimum absolute atomic E-state index is 0.00188. The third-order valence-electron chi connectivity index (χ3n) is 2.84. The van der Waals surface area contributed by atoms with E-state index in [-0.39, 0.29) is 17.9 Å². The smallest absolute Gasteiger partial charge is 0.328 e. The average molecular weight is 278 g/mol. The Labute approximate surface area is 114 Å². The molecule has 2 aromatic rings. The summed E-state index contributed by atoms with van der Waals surface area (Å²) in [6, 6.07) is 3.90. The highest BCUT2D eigenvalue weighted by molar-refractivity contribution is 5.91. The fourth-order valence-electron chi connectivity index (χ4n) is 1.80. The molecule has 0 fully saturated rings. The molecule has 1 aromatic heterocycles. The minimum atomic E-state index is -0.578. The summed E-state index contributed by atoms with van der Waals surface area (Å²) in [5.74, 6) is -1.07. The zero-order valence-electron chi connectivity index (χ0n) is 11.0. The van der Waals surface area contributed by atoms with E-state index in [4.69, 9.17) is 5.73 Å². The number of hydrogen-bond donors (Lipinski definition) is 2. The lowest BCUT2D eigenvalue weighted by Crippen LogP contribution is -2.29. The van der Waals surface area contributed by atoms with E-state index in [1.54, 1.807) is 6.20 Å². The van der Waals surface area contributed by atoms with Crippen LogP contribution in [0.15, 0.2) is 35.4 Å². The van der Waals surface area contributed by atoms with E-state index in [9.17, 15) is 14.0 Å². The first-order chi connectivity index (χ1) is 9.51. The van der Waals surface area contributed by atoms with Gasteiger partial charge in [-0.3, -0.25) is 13.9 Å². The molecule has 0 atom stereocenters. The number of nitrogens with zero attached hydrogens (tertiary/aromatic N) is 2. The van der Waals surface area contributed by atoms with Crippen molar-refractivity contribution in [2.45, 2.75) is 20.0 Å². The molecule has 0 saturated carbocycles. The maximum atomic E-state index is 13.5. The molecule has 3 N–H and O–H groups in total. The maximum absolute atomic E-state index is 13.5. The van der Waals surface area contributed by atoms with Crippen LogP contribution in [0, 0.1) is 5.82 Å². The van der Waals surface area contributed by atoms with E-state index in [1.165, 1.54) is 33.5 Å². The molecule has 0 unspecified atom stereocenters. The Kier molecular flexibility index (Phi) is 3.88. The first-order valence-electron chi connectivity index (χ1n) is 6.11. The van der Waals surface area contributed by atoms with Crippen molar-refractivity contribution in [1.29, 1.82) is 0 Å². The van der Waals surface area contributed by atoms with Gasteiger partial charge < -0.3 is 11.1 Å². The number of benzene rings is 1. The monoisotopic (exact) mass is 278 g/mol. The molecule has 7 heteroatoms. The van der Waals surface area contributed by atoms with Crippen molar-refractivity contribution in [3.8, 4) is 0 Å². The molecular formula is C13H15FN4O2. The predicted octanol–water partition coefficient (Wildman–Crippen LogP) is 1.03. The normalized spacial score (nSPS) is 10.5. The highest BCUT2D eigenvalue weighted by Gasteiger charge is 2.10. The van der Waals surface area contributed by atoms with Gasteiger partial charge in [0.15, 0.2) is 0 Å². The second kappa shape index (κ2) is 5.60. The second-order valence-electron chi connectivity index (χ2n) is 4.28. The van der Waals surface area contributed by atoms with E-state index in [0.717, 1.165) is 0 Å². The van der Waals surface area contributed by atoms with Gasteiger partial charge in [0.25, 0.3) is 0 Å². The summed E-state index contributed by atoms with van der Waals surface area (Å²) in [7, 11) is 0. The fraction of sp³-hybridized carbons (Fsp3) is 0.231. The molecule has 0 bridgehead atoms. The number of nitrogens with one attached hydrogen (secondary N) is 1. The number of anilines is 2. The zero-order chi connectivity index (χ0) is 14.7. The average Bonchev–Trinajstić information content (AvgIpc) is 2.75. The fourth-order valence-corrected chi connectivity index (χ4v) is 1.80. The quantitative estimate of drug-likeness (QED) is 0.819. The van der Waals surface area contributed by atoms with Crippen LogP contribution < -0.4 is 16.7 Å². The van der Waals surface area contributed by atoms with Crippen LogP contribution in [-0.4, -0.2) is 15.0 Å². The number of nitrogens with two attached hydrogens (primary N) is 1. The number of aryl methyl sites for hydroxylation is 1. The second-order valence-corrected chi connectivity index (χ2v) is 4.28. The summed E-state index contributed by atoms with van der Waals surface area (Å²) < 4.78 is 16.2. The lowest BCUT2D eigenvalue weighted by atomic mass is 10.2. The molecule has 0 aliphatic heterocycles. The van der Waals surface area contributed by atoms with Crippen LogP contribution in [0.25, 0.3) is 0 Å². The molecule has 0 radical (unpaired) electrons. The van der Waals surface area contributed by atoms with Gasteiger partial charge in [0.2, 0.25) is 5.91 Å². The molecule has 1 heterocycles. The number of carbonyl (C=O) groups excluding carboxylic acids is 1. The Morgan fingerprint density at radius 3 is 2.70 bits per heavy atom. The van der Waals surface area contributed by atoms with E-state index >= 15 is 0 Å². The Morgan fingerprint density at radius 2 is 2.05 bits per heavy atom. The van der Waals surface area contributed by atoms with Crippen LogP contribution in [0.3, 0.4) is 0 Å². The molecular weight excluding hydrogens is 263 g/mol. The van der Waals surface area contributed by atoms with Crippen molar-refractivity contribution in [3.63, 3.8) is 0 Å². The number of aromatic nitrogens is 2. The van der Waals surface area contributed by atoms with Gasteiger partial charge >= 0.3 is 5.69 Å². The van der Waals surface area contributed by atoms with Crippen LogP contribution in [0.4, 0.5) is 15.8 Å². The molecule has 6 nitrogen and oxygen atoms in total. The van der Waals surface area contributed by atoms with Crippen molar-refractivity contribution in [2.75, 3.05) is 11.1 Å². The molecule has 20 heavy (non-hydrogen) atoms. The number of hydrogen-bond acceptors (Lipinski definition) is 3.